The lowest BCUT2D eigenvalue weighted by molar-refractivity contribution is 0.0892. The predicted molar refractivity (Wildman–Crippen MR) is 109 cm³/mol. The Morgan fingerprint density at radius 2 is 2.03 bits per heavy atom. The largest absolute Gasteiger partial charge is 0.347 e. The molecule has 1 N–H and O–H groups in total. The van der Waals surface area contributed by atoms with E-state index < -0.39 is 0 Å². The molecular formula is C22H27N5O2. The van der Waals surface area contributed by atoms with Gasteiger partial charge in [0.05, 0.1) is 29.2 Å². The van der Waals surface area contributed by atoms with Crippen LogP contribution in [0.25, 0.3) is 11.1 Å². The molecule has 3 aromatic rings. The van der Waals surface area contributed by atoms with Gasteiger partial charge in [-0.15, -0.1) is 0 Å². The van der Waals surface area contributed by atoms with E-state index in [-0.39, 0.29) is 17.4 Å². The Labute approximate surface area is 169 Å². The predicted octanol–water partition coefficient (Wildman–Crippen LogP) is 4.02. The van der Waals surface area contributed by atoms with Crippen molar-refractivity contribution in [3.8, 4) is 0 Å². The van der Waals surface area contributed by atoms with Gasteiger partial charge in [0, 0.05) is 29.9 Å². The van der Waals surface area contributed by atoms with Crippen LogP contribution >= 0.6 is 0 Å². The molecule has 152 valence electrons. The second-order valence-electron chi connectivity index (χ2n) is 9.51. The Kier molecular flexibility index (Phi) is 4.22. The Bertz CT molecular complexity index is 1040. The maximum atomic E-state index is 13.5. The zero-order chi connectivity index (χ0) is 20.2. The van der Waals surface area contributed by atoms with E-state index in [1.165, 1.54) is 0 Å². The van der Waals surface area contributed by atoms with Gasteiger partial charge in [0.2, 0.25) is 0 Å². The molecule has 2 saturated carbocycles. The van der Waals surface area contributed by atoms with Crippen molar-refractivity contribution in [1.29, 1.82) is 0 Å². The molecule has 7 heteroatoms. The number of carbonyl (C=O) groups excluding carboxylic acids is 1. The number of nitrogens with zero attached hydrogens (tertiary/aromatic N) is 4. The quantitative estimate of drug-likeness (QED) is 0.684. The van der Waals surface area contributed by atoms with Crippen LogP contribution < -0.4 is 5.32 Å². The fourth-order valence-electron chi connectivity index (χ4n) is 3.76. The molecular weight excluding hydrogens is 366 g/mol. The van der Waals surface area contributed by atoms with E-state index in [9.17, 15) is 4.79 Å². The molecule has 2 aliphatic rings. The van der Waals surface area contributed by atoms with Crippen molar-refractivity contribution >= 4 is 17.0 Å². The van der Waals surface area contributed by atoms with Crippen molar-refractivity contribution in [1.82, 2.24) is 25.2 Å². The first-order valence-corrected chi connectivity index (χ1v) is 10.5. The molecule has 0 spiro atoms. The zero-order valence-electron chi connectivity index (χ0n) is 17.2. The van der Waals surface area contributed by atoms with Crippen molar-refractivity contribution in [3.63, 3.8) is 0 Å². The number of pyridine rings is 1. The average Bonchev–Trinajstić information content (AvgIpc) is 3.60. The lowest BCUT2D eigenvalue weighted by Gasteiger charge is -2.31. The Balaban J connectivity index is 1.51. The number of nitrogens with one attached hydrogen (secondary N) is 1. The smallest absolute Gasteiger partial charge is 0.259 e. The standard InChI is InChI=1S/C22H27N5O2/c1-22(2,3)17(12-27-10-4-9-23-27)25-20(28)15-11-16(13-5-6-13)24-21-18(15)19(26-29-21)14-7-8-14/h4,9-11,13-14,17H,5-8,12H2,1-3H3,(H,25,28). The van der Waals surface area contributed by atoms with Crippen LogP contribution in [0.2, 0.25) is 0 Å². The fourth-order valence-corrected chi connectivity index (χ4v) is 3.76. The molecule has 7 nitrogen and oxygen atoms in total. The number of amides is 1. The van der Waals surface area contributed by atoms with Crippen LogP contribution in [0.1, 0.15) is 80.0 Å². The molecule has 0 aliphatic heterocycles. The minimum Gasteiger partial charge on any atom is -0.347 e. The summed E-state index contributed by atoms with van der Waals surface area (Å²) in [5.74, 6) is 0.734. The third-order valence-electron chi connectivity index (χ3n) is 5.98. The second kappa shape index (κ2) is 6.68. The zero-order valence-corrected chi connectivity index (χ0v) is 17.2. The fraction of sp³-hybridized carbons (Fsp3) is 0.545. The molecule has 2 aliphatic carbocycles. The molecule has 29 heavy (non-hydrogen) atoms. The van der Waals surface area contributed by atoms with E-state index >= 15 is 0 Å². The highest BCUT2D eigenvalue weighted by Crippen LogP contribution is 2.45. The summed E-state index contributed by atoms with van der Waals surface area (Å²) in [6.45, 7) is 7.02. The van der Waals surface area contributed by atoms with Gasteiger partial charge in [0.1, 0.15) is 0 Å². The van der Waals surface area contributed by atoms with Crippen molar-refractivity contribution < 1.29 is 9.32 Å². The Hall–Kier alpha value is -2.70. The number of hydrogen-bond donors (Lipinski definition) is 1. The number of carbonyl (C=O) groups is 1. The lowest BCUT2D eigenvalue weighted by atomic mass is 9.86. The van der Waals surface area contributed by atoms with Crippen LogP contribution in [-0.4, -0.2) is 31.9 Å². The molecule has 0 bridgehead atoms. The van der Waals surface area contributed by atoms with Gasteiger partial charge in [-0.2, -0.15) is 5.10 Å². The number of rotatable bonds is 6. The van der Waals surface area contributed by atoms with Crippen LogP contribution in [0.3, 0.4) is 0 Å². The molecule has 1 amide bonds. The van der Waals surface area contributed by atoms with Crippen LogP contribution in [-0.2, 0) is 6.54 Å². The van der Waals surface area contributed by atoms with Crippen LogP contribution in [0, 0.1) is 5.41 Å². The third kappa shape index (κ3) is 3.66. The Morgan fingerprint density at radius 3 is 2.66 bits per heavy atom. The highest BCUT2D eigenvalue weighted by Gasteiger charge is 2.35. The van der Waals surface area contributed by atoms with Gasteiger partial charge in [0.15, 0.2) is 0 Å². The summed E-state index contributed by atoms with van der Waals surface area (Å²) in [5, 5.41) is 12.7. The van der Waals surface area contributed by atoms with Gasteiger partial charge < -0.3 is 9.84 Å². The van der Waals surface area contributed by atoms with E-state index in [4.69, 9.17) is 4.52 Å². The first-order chi connectivity index (χ1) is 13.9. The average molecular weight is 393 g/mol. The van der Waals surface area contributed by atoms with Crippen molar-refractivity contribution in [2.75, 3.05) is 0 Å². The maximum absolute atomic E-state index is 13.5. The first kappa shape index (κ1) is 18.3. The van der Waals surface area contributed by atoms with Crippen molar-refractivity contribution in [2.45, 2.75) is 70.9 Å². The second-order valence-corrected chi connectivity index (χ2v) is 9.51. The van der Waals surface area contributed by atoms with Crippen LogP contribution in [0.15, 0.2) is 29.0 Å². The van der Waals surface area contributed by atoms with Gasteiger partial charge in [-0.3, -0.25) is 9.48 Å². The summed E-state index contributed by atoms with van der Waals surface area (Å²) in [7, 11) is 0. The van der Waals surface area contributed by atoms with Crippen molar-refractivity contribution in [2.24, 2.45) is 5.41 Å². The molecule has 3 heterocycles. The van der Waals surface area contributed by atoms with E-state index in [0.717, 1.165) is 42.5 Å². The van der Waals surface area contributed by atoms with Gasteiger partial charge >= 0.3 is 0 Å². The highest BCUT2D eigenvalue weighted by molar-refractivity contribution is 6.06. The summed E-state index contributed by atoms with van der Waals surface area (Å²) in [4.78, 5) is 18.2. The number of hydrogen-bond acceptors (Lipinski definition) is 5. The maximum Gasteiger partial charge on any atom is 0.259 e. The van der Waals surface area contributed by atoms with E-state index in [1.807, 2.05) is 23.0 Å². The molecule has 3 aromatic heterocycles. The molecule has 0 saturated heterocycles. The summed E-state index contributed by atoms with van der Waals surface area (Å²) in [5.41, 5.74) is 2.86. The van der Waals surface area contributed by atoms with Crippen LogP contribution in [0.4, 0.5) is 0 Å². The van der Waals surface area contributed by atoms with Gasteiger partial charge in [0.25, 0.3) is 11.6 Å². The highest BCUT2D eigenvalue weighted by atomic mass is 16.5. The summed E-state index contributed by atoms with van der Waals surface area (Å²) < 4.78 is 7.43. The SMILES string of the molecule is CC(C)(C)C(Cn1cccn1)NC(=O)c1cc(C2CC2)nc2onc(C3CC3)c12. The molecule has 1 atom stereocenters. The third-order valence-corrected chi connectivity index (χ3v) is 5.98. The number of aromatic nitrogens is 4. The monoisotopic (exact) mass is 393 g/mol. The molecule has 5 rings (SSSR count). The Morgan fingerprint density at radius 1 is 1.28 bits per heavy atom. The van der Waals surface area contributed by atoms with E-state index in [2.05, 4.69) is 41.3 Å². The summed E-state index contributed by atoms with van der Waals surface area (Å²) >= 11 is 0. The molecule has 0 aromatic carbocycles. The summed E-state index contributed by atoms with van der Waals surface area (Å²) in [6.07, 6.45) is 8.11. The molecule has 2 fully saturated rings. The summed E-state index contributed by atoms with van der Waals surface area (Å²) in [6, 6.07) is 3.78. The normalized spacial score (nSPS) is 18.2. The van der Waals surface area contributed by atoms with E-state index in [0.29, 0.717) is 29.7 Å². The van der Waals surface area contributed by atoms with Crippen molar-refractivity contribution in [3.05, 3.63) is 41.5 Å². The minimum absolute atomic E-state index is 0.0771. The lowest BCUT2D eigenvalue weighted by Crippen LogP contribution is -2.46. The number of fused-ring (bicyclic) bond motifs is 1. The van der Waals surface area contributed by atoms with Gasteiger partial charge in [-0.05, 0) is 43.2 Å². The topological polar surface area (TPSA) is 85.8 Å². The van der Waals surface area contributed by atoms with Crippen LogP contribution in [0.5, 0.6) is 0 Å². The molecule has 0 radical (unpaired) electrons. The first-order valence-electron chi connectivity index (χ1n) is 10.5. The minimum atomic E-state index is -0.124. The van der Waals surface area contributed by atoms with Gasteiger partial charge in [-0.1, -0.05) is 25.9 Å². The van der Waals surface area contributed by atoms with E-state index in [1.54, 1.807) is 6.20 Å². The van der Waals surface area contributed by atoms with Gasteiger partial charge in [-0.25, -0.2) is 4.98 Å². The molecule has 1 unspecified atom stereocenters.